The highest BCUT2D eigenvalue weighted by atomic mass is 16.5. The maximum absolute atomic E-state index is 12.2. The quantitative estimate of drug-likeness (QED) is 0.474. The Kier molecular flexibility index (Phi) is 5.80. The Balaban J connectivity index is 1.31. The molecule has 5 rings (SSSR count). The van der Waals surface area contributed by atoms with Crippen molar-refractivity contribution in [1.82, 2.24) is 25.3 Å². The van der Waals surface area contributed by atoms with Crippen molar-refractivity contribution < 1.29 is 9.53 Å². The summed E-state index contributed by atoms with van der Waals surface area (Å²) in [4.78, 5) is 29.9. The SMILES string of the molecule is CNC(=O)c1ccnc2c(CCNc3cc(-c4cnc5c(c4)CCCO5)ncn3)cccc12. The third-order valence-electron chi connectivity index (χ3n) is 5.74. The molecule has 1 aromatic carbocycles. The van der Waals surface area contributed by atoms with E-state index in [1.807, 2.05) is 24.3 Å². The maximum Gasteiger partial charge on any atom is 0.251 e. The lowest BCUT2D eigenvalue weighted by atomic mass is 10.0. The molecule has 4 heterocycles. The van der Waals surface area contributed by atoms with Crippen molar-refractivity contribution in [3.05, 3.63) is 71.8 Å². The highest BCUT2D eigenvalue weighted by Gasteiger charge is 2.14. The summed E-state index contributed by atoms with van der Waals surface area (Å²) in [7, 11) is 1.63. The smallest absolute Gasteiger partial charge is 0.251 e. The predicted octanol–water partition coefficient (Wildman–Crippen LogP) is 3.43. The molecular formula is C25H24N6O2. The second-order valence-corrected chi connectivity index (χ2v) is 7.86. The Morgan fingerprint density at radius 2 is 2.06 bits per heavy atom. The van der Waals surface area contributed by atoms with E-state index in [2.05, 4.69) is 36.6 Å². The molecule has 3 aromatic heterocycles. The maximum atomic E-state index is 12.2. The molecule has 166 valence electrons. The van der Waals surface area contributed by atoms with Gasteiger partial charge < -0.3 is 15.4 Å². The molecule has 0 saturated heterocycles. The largest absolute Gasteiger partial charge is 0.477 e. The van der Waals surface area contributed by atoms with E-state index in [4.69, 9.17) is 4.74 Å². The molecule has 2 N–H and O–H groups in total. The van der Waals surface area contributed by atoms with E-state index in [1.165, 1.54) is 0 Å². The number of nitrogens with one attached hydrogen (secondary N) is 2. The molecule has 1 amide bonds. The van der Waals surface area contributed by atoms with Crippen LogP contribution >= 0.6 is 0 Å². The van der Waals surface area contributed by atoms with Crippen LogP contribution in [0.4, 0.5) is 5.82 Å². The van der Waals surface area contributed by atoms with Crippen LogP contribution in [0.1, 0.15) is 27.9 Å². The zero-order valence-corrected chi connectivity index (χ0v) is 18.3. The standard InChI is InChI=1S/C25H24N6O2/c1-26-24(32)20-8-10-28-23-16(4-2-6-19(20)23)7-9-27-22-13-21(30-15-31-22)18-12-17-5-3-11-33-25(17)29-14-18/h2,4,6,8,10,12-15H,3,5,7,9,11H2,1H3,(H,26,32)(H,27,30,31). The monoisotopic (exact) mass is 440 g/mol. The molecule has 0 aliphatic carbocycles. The molecule has 0 radical (unpaired) electrons. The van der Waals surface area contributed by atoms with Gasteiger partial charge in [-0.2, -0.15) is 0 Å². The summed E-state index contributed by atoms with van der Waals surface area (Å²) in [5, 5.41) is 6.91. The lowest BCUT2D eigenvalue weighted by molar-refractivity contribution is 0.0964. The van der Waals surface area contributed by atoms with Crippen LogP contribution in [0.5, 0.6) is 5.88 Å². The first kappa shape index (κ1) is 20.8. The van der Waals surface area contributed by atoms with Gasteiger partial charge in [0, 0.05) is 48.6 Å². The van der Waals surface area contributed by atoms with Gasteiger partial charge in [0.25, 0.3) is 5.91 Å². The minimum atomic E-state index is -0.116. The summed E-state index contributed by atoms with van der Waals surface area (Å²) < 4.78 is 5.61. The number of aryl methyl sites for hydroxylation is 1. The van der Waals surface area contributed by atoms with E-state index < -0.39 is 0 Å². The number of pyridine rings is 2. The molecule has 1 aliphatic heterocycles. The van der Waals surface area contributed by atoms with Gasteiger partial charge in [0.05, 0.1) is 23.4 Å². The van der Waals surface area contributed by atoms with Crippen LogP contribution in [0.3, 0.4) is 0 Å². The fraction of sp³-hybridized carbons (Fsp3) is 0.240. The highest BCUT2D eigenvalue weighted by Crippen LogP contribution is 2.27. The molecule has 8 heteroatoms. The van der Waals surface area contributed by atoms with E-state index >= 15 is 0 Å². The Labute approximate surface area is 191 Å². The van der Waals surface area contributed by atoms with Gasteiger partial charge in [-0.25, -0.2) is 15.0 Å². The first-order chi connectivity index (χ1) is 16.2. The molecule has 0 saturated carbocycles. The van der Waals surface area contributed by atoms with Crippen molar-refractivity contribution in [2.75, 3.05) is 25.5 Å². The Morgan fingerprint density at radius 1 is 1.12 bits per heavy atom. The number of fused-ring (bicyclic) bond motifs is 2. The number of hydrogen-bond acceptors (Lipinski definition) is 7. The van der Waals surface area contributed by atoms with E-state index in [9.17, 15) is 4.79 Å². The van der Waals surface area contributed by atoms with Gasteiger partial charge in [0.1, 0.15) is 12.1 Å². The summed E-state index contributed by atoms with van der Waals surface area (Å²) in [6.45, 7) is 1.39. The number of amides is 1. The first-order valence-corrected chi connectivity index (χ1v) is 11.0. The molecule has 33 heavy (non-hydrogen) atoms. The molecule has 0 spiro atoms. The van der Waals surface area contributed by atoms with Gasteiger partial charge in [-0.15, -0.1) is 0 Å². The van der Waals surface area contributed by atoms with Crippen molar-refractivity contribution in [3.8, 4) is 17.1 Å². The fourth-order valence-corrected chi connectivity index (χ4v) is 4.09. The predicted molar refractivity (Wildman–Crippen MR) is 126 cm³/mol. The second kappa shape index (κ2) is 9.20. The van der Waals surface area contributed by atoms with Crippen LogP contribution in [0.25, 0.3) is 22.2 Å². The summed E-state index contributed by atoms with van der Waals surface area (Å²) in [5.41, 5.74) is 5.42. The summed E-state index contributed by atoms with van der Waals surface area (Å²) >= 11 is 0. The highest BCUT2D eigenvalue weighted by molar-refractivity contribution is 6.06. The summed E-state index contributed by atoms with van der Waals surface area (Å²) in [5.74, 6) is 1.35. The van der Waals surface area contributed by atoms with E-state index in [-0.39, 0.29) is 5.91 Å². The minimum Gasteiger partial charge on any atom is -0.477 e. The average Bonchev–Trinajstić information content (AvgIpc) is 2.88. The van der Waals surface area contributed by atoms with Gasteiger partial charge >= 0.3 is 0 Å². The average molecular weight is 441 g/mol. The lowest BCUT2D eigenvalue weighted by Gasteiger charge is -2.16. The zero-order valence-electron chi connectivity index (χ0n) is 18.3. The zero-order chi connectivity index (χ0) is 22.6. The topological polar surface area (TPSA) is 102 Å². The third-order valence-corrected chi connectivity index (χ3v) is 5.74. The number of para-hydroxylation sites is 1. The van der Waals surface area contributed by atoms with Crippen LogP contribution in [0.2, 0.25) is 0 Å². The van der Waals surface area contributed by atoms with Crippen molar-refractivity contribution in [2.24, 2.45) is 0 Å². The number of anilines is 1. The number of ether oxygens (including phenoxy) is 1. The molecule has 1 aliphatic rings. The fourth-order valence-electron chi connectivity index (χ4n) is 4.09. The van der Waals surface area contributed by atoms with Crippen molar-refractivity contribution >= 4 is 22.6 Å². The Hall–Kier alpha value is -4.07. The van der Waals surface area contributed by atoms with E-state index in [0.717, 1.165) is 70.9 Å². The van der Waals surface area contributed by atoms with Gasteiger partial charge in [0.2, 0.25) is 5.88 Å². The van der Waals surface area contributed by atoms with Gasteiger partial charge in [-0.1, -0.05) is 18.2 Å². The molecule has 0 bridgehead atoms. The van der Waals surface area contributed by atoms with Crippen LogP contribution in [0.15, 0.2) is 55.1 Å². The van der Waals surface area contributed by atoms with Crippen LogP contribution < -0.4 is 15.4 Å². The number of aromatic nitrogens is 4. The van der Waals surface area contributed by atoms with E-state index in [0.29, 0.717) is 12.1 Å². The molecule has 0 atom stereocenters. The third kappa shape index (κ3) is 4.32. The van der Waals surface area contributed by atoms with Crippen LogP contribution in [-0.4, -0.2) is 46.0 Å². The molecule has 0 unspecified atom stereocenters. The molecular weight excluding hydrogens is 416 g/mol. The van der Waals surface area contributed by atoms with Gasteiger partial charge in [-0.3, -0.25) is 9.78 Å². The van der Waals surface area contributed by atoms with Crippen molar-refractivity contribution in [3.63, 3.8) is 0 Å². The Bertz CT molecular complexity index is 1320. The lowest BCUT2D eigenvalue weighted by Crippen LogP contribution is -2.18. The number of carbonyl (C=O) groups is 1. The normalized spacial score (nSPS) is 12.6. The number of carbonyl (C=O) groups excluding carboxylic acids is 1. The number of benzene rings is 1. The number of nitrogens with zero attached hydrogens (tertiary/aromatic N) is 4. The van der Waals surface area contributed by atoms with Gasteiger partial charge in [-0.05, 0) is 37.0 Å². The number of rotatable bonds is 6. The Morgan fingerprint density at radius 3 is 2.97 bits per heavy atom. The van der Waals surface area contributed by atoms with Crippen molar-refractivity contribution in [2.45, 2.75) is 19.3 Å². The van der Waals surface area contributed by atoms with Crippen molar-refractivity contribution in [1.29, 1.82) is 0 Å². The van der Waals surface area contributed by atoms with E-state index in [1.54, 1.807) is 31.8 Å². The minimum absolute atomic E-state index is 0.116. The van der Waals surface area contributed by atoms with Crippen LogP contribution in [-0.2, 0) is 12.8 Å². The summed E-state index contributed by atoms with van der Waals surface area (Å²) in [6, 6.07) is 11.7. The second-order valence-electron chi connectivity index (χ2n) is 7.86. The van der Waals surface area contributed by atoms with Gasteiger partial charge in [0.15, 0.2) is 0 Å². The van der Waals surface area contributed by atoms with Crippen LogP contribution in [0, 0.1) is 0 Å². The molecule has 0 fully saturated rings. The molecule has 4 aromatic rings. The summed E-state index contributed by atoms with van der Waals surface area (Å²) in [6.07, 6.45) is 7.73. The first-order valence-electron chi connectivity index (χ1n) is 11.0. The molecule has 8 nitrogen and oxygen atoms in total. The number of hydrogen-bond donors (Lipinski definition) is 2.